The molecule has 10 heteroatoms. The molecule has 1 aliphatic rings. The molecule has 0 fully saturated rings. The van der Waals surface area contributed by atoms with Gasteiger partial charge in [0.15, 0.2) is 4.34 Å². The third kappa shape index (κ3) is 2.75. The first kappa shape index (κ1) is 15.8. The number of fused-ring (bicyclic) bond motifs is 2. The summed E-state index contributed by atoms with van der Waals surface area (Å²) in [5.41, 5.74) is 2.91. The van der Waals surface area contributed by atoms with Crippen molar-refractivity contribution in [3.05, 3.63) is 39.6 Å². The summed E-state index contributed by atoms with van der Waals surface area (Å²) in [5.74, 6) is 0. The predicted octanol–water partition coefficient (Wildman–Crippen LogP) is 0.578. The Morgan fingerprint density at radius 1 is 1.42 bits per heavy atom. The van der Waals surface area contributed by atoms with Crippen LogP contribution in [-0.4, -0.2) is 47.2 Å². The SMILES string of the molecule is CSc1nn2c(=O)cc(CN3Cc4cnn(CCO)c4C3)nc2s1. The topological polar surface area (TPSA) is 88.6 Å². The van der Waals surface area contributed by atoms with Crippen LogP contribution in [0.4, 0.5) is 0 Å². The number of rotatable bonds is 5. The van der Waals surface area contributed by atoms with Gasteiger partial charge in [0.1, 0.15) is 0 Å². The van der Waals surface area contributed by atoms with Crippen molar-refractivity contribution in [2.45, 2.75) is 30.5 Å². The molecular weight excluding hydrogens is 348 g/mol. The zero-order valence-corrected chi connectivity index (χ0v) is 14.7. The van der Waals surface area contributed by atoms with Gasteiger partial charge in [-0.3, -0.25) is 14.4 Å². The minimum Gasteiger partial charge on any atom is -0.394 e. The van der Waals surface area contributed by atoms with Crippen LogP contribution in [0.25, 0.3) is 4.96 Å². The van der Waals surface area contributed by atoms with Crippen LogP contribution >= 0.6 is 23.1 Å². The van der Waals surface area contributed by atoms with Crippen molar-refractivity contribution in [3.63, 3.8) is 0 Å². The lowest BCUT2D eigenvalue weighted by Gasteiger charge is -2.14. The Hall–Kier alpha value is -1.75. The minimum absolute atomic E-state index is 0.0757. The van der Waals surface area contributed by atoms with E-state index in [9.17, 15) is 4.79 Å². The Morgan fingerprint density at radius 3 is 3.08 bits per heavy atom. The van der Waals surface area contributed by atoms with Crippen LogP contribution in [0.3, 0.4) is 0 Å². The molecule has 0 amide bonds. The molecule has 0 aromatic carbocycles. The molecule has 8 nitrogen and oxygen atoms in total. The fourth-order valence-corrected chi connectivity index (χ4v) is 4.28. The maximum Gasteiger partial charge on any atom is 0.275 e. The third-order valence-electron chi connectivity index (χ3n) is 3.95. The molecule has 4 rings (SSSR count). The second-order valence-electron chi connectivity index (χ2n) is 5.56. The van der Waals surface area contributed by atoms with Gasteiger partial charge in [0.2, 0.25) is 4.96 Å². The Morgan fingerprint density at radius 2 is 2.29 bits per heavy atom. The second-order valence-corrected chi connectivity index (χ2v) is 7.57. The van der Waals surface area contributed by atoms with Crippen LogP contribution in [0.2, 0.25) is 0 Å². The van der Waals surface area contributed by atoms with Gasteiger partial charge in [-0.2, -0.15) is 9.61 Å². The molecule has 1 N–H and O–H groups in total. The number of hydrogen-bond donors (Lipinski definition) is 1. The maximum absolute atomic E-state index is 12.2. The van der Waals surface area contributed by atoms with E-state index in [1.165, 1.54) is 33.2 Å². The molecule has 0 unspecified atom stereocenters. The molecule has 0 spiro atoms. The van der Waals surface area contributed by atoms with Crippen molar-refractivity contribution in [1.82, 2.24) is 29.3 Å². The molecule has 0 atom stereocenters. The van der Waals surface area contributed by atoms with E-state index in [0.717, 1.165) is 28.8 Å². The number of aliphatic hydroxyl groups is 1. The van der Waals surface area contributed by atoms with E-state index in [1.54, 1.807) is 6.07 Å². The van der Waals surface area contributed by atoms with Gasteiger partial charge in [0, 0.05) is 31.3 Å². The van der Waals surface area contributed by atoms with Gasteiger partial charge in [-0.25, -0.2) is 4.98 Å². The second kappa shape index (κ2) is 6.28. The summed E-state index contributed by atoms with van der Waals surface area (Å²) in [7, 11) is 0. The van der Waals surface area contributed by atoms with Gasteiger partial charge in [-0.15, -0.1) is 5.10 Å². The van der Waals surface area contributed by atoms with Gasteiger partial charge >= 0.3 is 0 Å². The summed E-state index contributed by atoms with van der Waals surface area (Å²) in [6, 6.07) is 1.56. The van der Waals surface area contributed by atoms with Crippen molar-refractivity contribution in [1.29, 1.82) is 0 Å². The van der Waals surface area contributed by atoms with Gasteiger partial charge < -0.3 is 5.11 Å². The minimum atomic E-state index is -0.144. The number of aliphatic hydroxyl groups excluding tert-OH is 1. The Bertz CT molecular complexity index is 947. The fourth-order valence-electron chi connectivity index (χ4n) is 2.90. The zero-order valence-electron chi connectivity index (χ0n) is 13.0. The van der Waals surface area contributed by atoms with Crippen molar-refractivity contribution < 1.29 is 5.11 Å². The number of hydrogen-bond acceptors (Lipinski definition) is 8. The number of thioether (sulfide) groups is 1. The van der Waals surface area contributed by atoms with E-state index < -0.39 is 0 Å². The molecule has 0 saturated carbocycles. The van der Waals surface area contributed by atoms with E-state index in [-0.39, 0.29) is 12.2 Å². The zero-order chi connectivity index (χ0) is 16.7. The van der Waals surface area contributed by atoms with Crippen LogP contribution in [0.5, 0.6) is 0 Å². The molecule has 0 radical (unpaired) electrons. The Labute approximate surface area is 145 Å². The van der Waals surface area contributed by atoms with Crippen molar-refractivity contribution in [3.8, 4) is 0 Å². The van der Waals surface area contributed by atoms with Crippen LogP contribution in [0.1, 0.15) is 17.0 Å². The third-order valence-corrected chi connectivity index (χ3v) is 5.84. The smallest absolute Gasteiger partial charge is 0.275 e. The molecule has 3 aromatic rings. The Kier molecular flexibility index (Phi) is 4.12. The summed E-state index contributed by atoms with van der Waals surface area (Å²) in [4.78, 5) is 19.6. The molecule has 1 aliphatic heterocycles. The van der Waals surface area contributed by atoms with Gasteiger partial charge in [-0.05, 0) is 6.26 Å². The lowest BCUT2D eigenvalue weighted by atomic mass is 10.3. The largest absolute Gasteiger partial charge is 0.394 e. The van der Waals surface area contributed by atoms with E-state index in [4.69, 9.17) is 5.11 Å². The summed E-state index contributed by atoms with van der Waals surface area (Å²) in [6.45, 7) is 2.71. The van der Waals surface area contributed by atoms with E-state index in [0.29, 0.717) is 18.1 Å². The van der Waals surface area contributed by atoms with Crippen molar-refractivity contribution in [2.75, 3.05) is 12.9 Å². The van der Waals surface area contributed by atoms with Crippen molar-refractivity contribution >= 4 is 28.1 Å². The van der Waals surface area contributed by atoms with Crippen LogP contribution in [-0.2, 0) is 26.2 Å². The summed E-state index contributed by atoms with van der Waals surface area (Å²) in [6.07, 6.45) is 3.78. The van der Waals surface area contributed by atoms with Gasteiger partial charge in [0.25, 0.3) is 5.56 Å². The Balaban J connectivity index is 1.56. The highest BCUT2D eigenvalue weighted by Crippen LogP contribution is 2.24. The monoisotopic (exact) mass is 364 g/mol. The number of aromatic nitrogens is 5. The van der Waals surface area contributed by atoms with Crippen molar-refractivity contribution in [2.24, 2.45) is 0 Å². The average molecular weight is 364 g/mol. The van der Waals surface area contributed by atoms with Crippen LogP contribution in [0.15, 0.2) is 21.4 Å². The number of nitrogens with zero attached hydrogens (tertiary/aromatic N) is 6. The average Bonchev–Trinajstić information content (AvgIpc) is 3.23. The predicted molar refractivity (Wildman–Crippen MR) is 91.2 cm³/mol. The van der Waals surface area contributed by atoms with Crippen LogP contribution < -0.4 is 5.56 Å². The normalized spacial score (nSPS) is 14.6. The van der Waals surface area contributed by atoms with Gasteiger partial charge in [0.05, 0.1) is 30.7 Å². The molecule has 4 heterocycles. The first-order valence-corrected chi connectivity index (χ1v) is 9.52. The maximum atomic E-state index is 12.2. The fraction of sp³-hybridized carbons (Fsp3) is 0.429. The first-order chi connectivity index (χ1) is 11.7. The van der Waals surface area contributed by atoms with Gasteiger partial charge in [-0.1, -0.05) is 23.1 Å². The quantitative estimate of drug-likeness (QED) is 0.663. The summed E-state index contributed by atoms with van der Waals surface area (Å²) in [5, 5.41) is 17.6. The lowest BCUT2D eigenvalue weighted by molar-refractivity contribution is 0.249. The van der Waals surface area contributed by atoms with E-state index in [2.05, 4.69) is 20.1 Å². The molecule has 0 bridgehead atoms. The molecule has 0 aliphatic carbocycles. The molecular formula is C14H16N6O2S2. The molecule has 24 heavy (non-hydrogen) atoms. The highest BCUT2D eigenvalue weighted by atomic mass is 32.2. The highest BCUT2D eigenvalue weighted by molar-refractivity contribution is 8.00. The molecule has 0 saturated heterocycles. The lowest BCUT2D eigenvalue weighted by Crippen LogP contribution is -2.22. The highest BCUT2D eigenvalue weighted by Gasteiger charge is 2.24. The van der Waals surface area contributed by atoms with Crippen LogP contribution in [0, 0.1) is 0 Å². The molecule has 126 valence electrons. The summed E-state index contributed by atoms with van der Waals surface area (Å²) >= 11 is 2.93. The summed E-state index contributed by atoms with van der Waals surface area (Å²) < 4.78 is 4.03. The van der Waals surface area contributed by atoms with E-state index in [1.807, 2.05) is 17.1 Å². The van der Waals surface area contributed by atoms with E-state index >= 15 is 0 Å². The first-order valence-electron chi connectivity index (χ1n) is 7.48. The molecule has 3 aromatic heterocycles. The standard InChI is InChI=1S/C14H16N6O2S2/c1-23-14-17-20-12(22)4-10(16-13(20)24-14)7-18-6-9-5-15-19(2-3-21)11(9)8-18/h4-5,21H,2-3,6-8H2,1H3.